The molecule has 1 unspecified atom stereocenters. The molecular formula is C4H10NaO4P. The summed E-state index contributed by atoms with van der Waals surface area (Å²) in [6, 6.07) is 0. The Morgan fingerprint density at radius 2 is 2.00 bits per heavy atom. The minimum absolute atomic E-state index is 0. The molecule has 0 bridgehead atoms. The summed E-state index contributed by atoms with van der Waals surface area (Å²) in [7, 11) is -3.33. The predicted molar refractivity (Wildman–Crippen MR) is 40.0 cm³/mol. The topological polar surface area (TPSA) is 74.6 Å². The van der Waals surface area contributed by atoms with Crippen LogP contribution in [0.15, 0.2) is 0 Å². The van der Waals surface area contributed by atoms with Gasteiger partial charge in [-0.1, -0.05) is 6.92 Å². The van der Waals surface area contributed by atoms with Gasteiger partial charge in [0.15, 0.2) is 0 Å². The zero-order chi connectivity index (χ0) is 7.49. The molecule has 0 aromatic carbocycles. The number of carboxylic acid groups (broad SMARTS) is 1. The number of carbonyl (C=O) groups is 1. The Hall–Kier alpha value is 0.660. The van der Waals surface area contributed by atoms with E-state index in [2.05, 4.69) is 0 Å². The first-order valence-corrected chi connectivity index (χ1v) is 4.53. The van der Waals surface area contributed by atoms with Gasteiger partial charge in [-0.25, -0.2) is 0 Å². The van der Waals surface area contributed by atoms with E-state index >= 15 is 0 Å². The van der Waals surface area contributed by atoms with Crippen molar-refractivity contribution in [3.8, 4) is 0 Å². The summed E-state index contributed by atoms with van der Waals surface area (Å²) in [6.07, 6.45) is -0.594. The van der Waals surface area contributed by atoms with Crippen LogP contribution in [-0.2, 0) is 9.36 Å². The van der Waals surface area contributed by atoms with Gasteiger partial charge in [0.05, 0.1) is 0 Å². The first-order valence-electron chi connectivity index (χ1n) is 2.50. The second-order valence-corrected chi connectivity index (χ2v) is 4.36. The van der Waals surface area contributed by atoms with Gasteiger partial charge in [-0.3, -0.25) is 9.36 Å². The number of hydrogen-bond donors (Lipinski definition) is 2. The standard InChI is InChI=1S/C4H9O4P.Na.H/c1-2-9(7,8)3-4(5)6;;/h2-3H2,1H3,(H,5,6)(H,7,8);;. The maximum absolute atomic E-state index is 10.6. The molecule has 0 rings (SSSR count). The van der Waals surface area contributed by atoms with Crippen LogP contribution in [0.25, 0.3) is 0 Å². The molecule has 0 radical (unpaired) electrons. The van der Waals surface area contributed by atoms with Crippen molar-refractivity contribution in [2.75, 3.05) is 12.3 Å². The van der Waals surface area contributed by atoms with Crippen LogP contribution in [0.5, 0.6) is 0 Å². The van der Waals surface area contributed by atoms with Crippen LogP contribution in [0.1, 0.15) is 6.92 Å². The Bertz CT molecular complexity index is 157. The summed E-state index contributed by atoms with van der Waals surface area (Å²) in [4.78, 5) is 18.5. The first-order chi connectivity index (χ1) is 3.98. The summed E-state index contributed by atoms with van der Waals surface area (Å²) in [5.41, 5.74) is 0. The Morgan fingerprint density at radius 3 is 2.10 bits per heavy atom. The van der Waals surface area contributed by atoms with E-state index in [4.69, 9.17) is 10.00 Å². The van der Waals surface area contributed by atoms with Crippen LogP contribution in [0, 0.1) is 0 Å². The van der Waals surface area contributed by atoms with Crippen LogP contribution < -0.4 is 0 Å². The zero-order valence-corrected chi connectivity index (χ0v) is 5.97. The molecule has 0 aliphatic rings. The summed E-state index contributed by atoms with van der Waals surface area (Å²) in [5.74, 6) is -1.22. The van der Waals surface area contributed by atoms with Gasteiger partial charge in [0.2, 0.25) is 7.37 Å². The number of carboxylic acids is 1. The van der Waals surface area contributed by atoms with Crippen molar-refractivity contribution in [3.63, 3.8) is 0 Å². The molecule has 0 aromatic heterocycles. The molecule has 56 valence electrons. The van der Waals surface area contributed by atoms with Crippen molar-refractivity contribution in [1.29, 1.82) is 0 Å². The molecule has 0 saturated heterocycles. The maximum atomic E-state index is 10.6. The summed E-state index contributed by atoms with van der Waals surface area (Å²) in [6.45, 7) is 1.49. The molecule has 1 atom stereocenters. The van der Waals surface area contributed by atoms with Gasteiger partial charge in [0.25, 0.3) is 0 Å². The minimum atomic E-state index is -3.33. The van der Waals surface area contributed by atoms with Gasteiger partial charge < -0.3 is 10.00 Å². The van der Waals surface area contributed by atoms with Crippen molar-refractivity contribution < 1.29 is 19.4 Å². The van der Waals surface area contributed by atoms with E-state index in [0.29, 0.717) is 0 Å². The number of rotatable bonds is 3. The van der Waals surface area contributed by atoms with E-state index in [1.807, 2.05) is 0 Å². The Kier molecular flexibility index (Phi) is 7.07. The van der Waals surface area contributed by atoms with E-state index in [-0.39, 0.29) is 35.7 Å². The normalized spacial score (nSPS) is 15.0. The molecule has 10 heavy (non-hydrogen) atoms. The fourth-order valence-electron chi connectivity index (χ4n) is 0.323. The molecule has 0 saturated carbocycles. The molecule has 0 heterocycles. The quantitative estimate of drug-likeness (QED) is 0.457. The predicted octanol–water partition coefficient (Wildman–Crippen LogP) is -0.287. The van der Waals surface area contributed by atoms with Gasteiger partial charge in [-0.2, -0.15) is 0 Å². The summed E-state index contributed by atoms with van der Waals surface area (Å²) < 4.78 is 10.6. The van der Waals surface area contributed by atoms with Crippen molar-refractivity contribution in [3.05, 3.63) is 0 Å². The monoisotopic (exact) mass is 176 g/mol. The van der Waals surface area contributed by atoms with Crippen LogP contribution in [0.2, 0.25) is 0 Å². The molecule has 0 aliphatic carbocycles. The van der Waals surface area contributed by atoms with Crippen LogP contribution in [0.4, 0.5) is 0 Å². The first kappa shape index (κ1) is 13.3. The average Bonchev–Trinajstić information content (AvgIpc) is 1.63. The second kappa shape index (κ2) is 5.33. The molecule has 0 amide bonds. The fraction of sp³-hybridized carbons (Fsp3) is 0.750. The zero-order valence-electron chi connectivity index (χ0n) is 5.07. The van der Waals surface area contributed by atoms with E-state index in [1.165, 1.54) is 6.92 Å². The van der Waals surface area contributed by atoms with E-state index in [1.54, 1.807) is 0 Å². The average molecular weight is 176 g/mol. The SMILES string of the molecule is CCP(=O)(O)CC(=O)O.[NaH]. The Labute approximate surface area is 81.4 Å². The van der Waals surface area contributed by atoms with Gasteiger partial charge >= 0.3 is 35.5 Å². The van der Waals surface area contributed by atoms with E-state index in [9.17, 15) is 9.36 Å². The summed E-state index contributed by atoms with van der Waals surface area (Å²) >= 11 is 0. The third kappa shape index (κ3) is 6.78. The number of aliphatic carboxylic acids is 1. The summed E-state index contributed by atoms with van der Waals surface area (Å²) in [5, 5.41) is 8.05. The third-order valence-electron chi connectivity index (χ3n) is 0.876. The van der Waals surface area contributed by atoms with E-state index < -0.39 is 19.5 Å². The van der Waals surface area contributed by atoms with Crippen LogP contribution in [-0.4, -0.2) is 57.9 Å². The van der Waals surface area contributed by atoms with Crippen LogP contribution in [0.3, 0.4) is 0 Å². The molecule has 0 spiro atoms. The fourth-order valence-corrected chi connectivity index (χ4v) is 0.969. The van der Waals surface area contributed by atoms with Gasteiger partial charge in [-0.05, 0) is 0 Å². The van der Waals surface area contributed by atoms with E-state index in [0.717, 1.165) is 0 Å². The third-order valence-corrected chi connectivity index (χ3v) is 2.63. The second-order valence-electron chi connectivity index (χ2n) is 1.71. The molecule has 2 N–H and O–H groups in total. The van der Waals surface area contributed by atoms with Gasteiger partial charge in [0, 0.05) is 6.16 Å². The van der Waals surface area contributed by atoms with Gasteiger partial charge in [0.1, 0.15) is 6.16 Å². The molecule has 0 fully saturated rings. The Balaban J connectivity index is 0. The molecule has 4 nitrogen and oxygen atoms in total. The molecule has 0 aromatic rings. The molecular weight excluding hydrogens is 166 g/mol. The van der Waals surface area contributed by atoms with Crippen molar-refractivity contribution in [1.82, 2.24) is 0 Å². The van der Waals surface area contributed by atoms with Crippen molar-refractivity contribution >= 4 is 42.9 Å². The molecule has 0 aliphatic heterocycles. The van der Waals surface area contributed by atoms with Gasteiger partial charge in [-0.15, -0.1) is 0 Å². The van der Waals surface area contributed by atoms with Crippen molar-refractivity contribution in [2.45, 2.75) is 6.92 Å². The molecule has 6 heteroatoms. The number of hydrogen-bond acceptors (Lipinski definition) is 2. The van der Waals surface area contributed by atoms with Crippen molar-refractivity contribution in [2.24, 2.45) is 0 Å². The van der Waals surface area contributed by atoms with Crippen LogP contribution >= 0.6 is 7.37 Å². The Morgan fingerprint density at radius 1 is 1.60 bits per heavy atom.